The molecule has 8 nitrogen and oxygen atoms in total. The Bertz CT molecular complexity index is 845. The first-order valence-electron chi connectivity index (χ1n) is 7.41. The molecule has 9 heteroatoms. The summed E-state index contributed by atoms with van der Waals surface area (Å²) in [6.07, 6.45) is 6.03. The Hall–Kier alpha value is -2.00. The molecule has 124 valence electrons. The van der Waals surface area contributed by atoms with Crippen LogP contribution in [0.2, 0.25) is 0 Å². The van der Waals surface area contributed by atoms with E-state index in [-0.39, 0.29) is 11.8 Å². The van der Waals surface area contributed by atoms with Crippen LogP contribution in [-0.4, -0.2) is 59.6 Å². The largest absolute Gasteiger partial charge is 0.355 e. The fraction of sp³-hybridized carbons (Fsp3) is 0.500. The van der Waals surface area contributed by atoms with Gasteiger partial charge >= 0.3 is 0 Å². The molecule has 3 heterocycles. The van der Waals surface area contributed by atoms with Crippen molar-refractivity contribution in [2.45, 2.75) is 18.8 Å². The van der Waals surface area contributed by atoms with Gasteiger partial charge in [0, 0.05) is 32.3 Å². The number of carbonyl (C=O) groups is 1. The van der Waals surface area contributed by atoms with E-state index in [9.17, 15) is 13.2 Å². The highest BCUT2D eigenvalue weighted by molar-refractivity contribution is 7.88. The van der Waals surface area contributed by atoms with Crippen molar-refractivity contribution >= 4 is 21.6 Å². The lowest BCUT2D eigenvalue weighted by molar-refractivity contribution is 0.0964. The molecule has 2 aromatic heterocycles. The Balaban J connectivity index is 2.00. The van der Waals surface area contributed by atoms with Crippen molar-refractivity contribution in [3.8, 4) is 0 Å². The second-order valence-electron chi connectivity index (χ2n) is 5.70. The predicted octanol–water partition coefficient (Wildman–Crippen LogP) is 0.228. The maximum Gasteiger partial charge on any atom is 0.256 e. The third-order valence-electron chi connectivity index (χ3n) is 4.17. The molecule has 1 unspecified atom stereocenters. The number of piperidine rings is 1. The highest BCUT2D eigenvalue weighted by Crippen LogP contribution is 2.28. The van der Waals surface area contributed by atoms with Gasteiger partial charge in [-0.3, -0.25) is 4.79 Å². The lowest BCUT2D eigenvalue weighted by Gasteiger charge is -2.31. The van der Waals surface area contributed by atoms with Crippen LogP contribution in [0.25, 0.3) is 5.65 Å². The molecule has 1 aliphatic rings. The fourth-order valence-electron chi connectivity index (χ4n) is 3.00. The number of rotatable bonds is 3. The highest BCUT2D eigenvalue weighted by Gasteiger charge is 2.29. The molecule has 2 aromatic rings. The van der Waals surface area contributed by atoms with E-state index in [2.05, 4.69) is 15.4 Å². The standard InChI is InChI=1S/C14H19N5O3S/c1-15-14(20)11-8-17-19-12(5-6-16-13(11)19)10-4-3-7-18(9-10)23(2,21)22/h5-6,8,10H,3-4,7,9H2,1-2H3,(H,15,20). The monoisotopic (exact) mass is 337 g/mol. The Morgan fingerprint density at radius 2 is 2.22 bits per heavy atom. The normalized spacial score (nSPS) is 19.8. The summed E-state index contributed by atoms with van der Waals surface area (Å²) in [5, 5.41) is 6.84. The van der Waals surface area contributed by atoms with Gasteiger partial charge in [0.05, 0.1) is 18.1 Å². The second-order valence-corrected chi connectivity index (χ2v) is 7.69. The van der Waals surface area contributed by atoms with Crippen LogP contribution in [0.4, 0.5) is 0 Å². The van der Waals surface area contributed by atoms with E-state index in [1.807, 2.05) is 6.07 Å². The Labute approximate surface area is 134 Å². The lowest BCUT2D eigenvalue weighted by Crippen LogP contribution is -2.38. The summed E-state index contributed by atoms with van der Waals surface area (Å²) in [6.45, 7) is 0.971. The second kappa shape index (κ2) is 5.89. The van der Waals surface area contributed by atoms with Gasteiger partial charge in [-0.2, -0.15) is 5.10 Å². The summed E-state index contributed by atoms with van der Waals surface area (Å²) in [6, 6.07) is 1.84. The molecular weight excluding hydrogens is 318 g/mol. The summed E-state index contributed by atoms with van der Waals surface area (Å²) in [5.74, 6) is -0.215. The third-order valence-corrected chi connectivity index (χ3v) is 5.44. The van der Waals surface area contributed by atoms with Gasteiger partial charge in [-0.05, 0) is 18.9 Å². The Kier molecular flexibility index (Phi) is 4.07. The van der Waals surface area contributed by atoms with Gasteiger partial charge in [-0.1, -0.05) is 0 Å². The van der Waals surface area contributed by atoms with E-state index in [0.29, 0.717) is 24.3 Å². The molecule has 1 saturated heterocycles. The molecule has 0 saturated carbocycles. The SMILES string of the molecule is CNC(=O)c1cnn2c(C3CCCN(S(C)(=O)=O)C3)ccnc12. The molecule has 23 heavy (non-hydrogen) atoms. The summed E-state index contributed by atoms with van der Waals surface area (Å²) >= 11 is 0. The summed E-state index contributed by atoms with van der Waals surface area (Å²) < 4.78 is 26.7. The van der Waals surface area contributed by atoms with Gasteiger partial charge in [-0.15, -0.1) is 0 Å². The van der Waals surface area contributed by atoms with E-state index < -0.39 is 10.0 Å². The Morgan fingerprint density at radius 1 is 1.43 bits per heavy atom. The van der Waals surface area contributed by atoms with E-state index in [0.717, 1.165) is 18.5 Å². The van der Waals surface area contributed by atoms with Gasteiger partial charge in [0.2, 0.25) is 10.0 Å². The van der Waals surface area contributed by atoms with Gasteiger partial charge in [0.15, 0.2) is 5.65 Å². The van der Waals surface area contributed by atoms with E-state index in [4.69, 9.17) is 0 Å². The average Bonchev–Trinajstić information content (AvgIpc) is 2.97. The lowest BCUT2D eigenvalue weighted by atomic mass is 9.96. The number of fused-ring (bicyclic) bond motifs is 1. The maximum atomic E-state index is 11.9. The number of hydrogen-bond acceptors (Lipinski definition) is 5. The van der Waals surface area contributed by atoms with Gasteiger partial charge in [-0.25, -0.2) is 22.2 Å². The van der Waals surface area contributed by atoms with Crippen molar-refractivity contribution < 1.29 is 13.2 Å². The predicted molar refractivity (Wildman–Crippen MR) is 84.8 cm³/mol. The molecule has 0 radical (unpaired) electrons. The van der Waals surface area contributed by atoms with Crippen molar-refractivity contribution in [3.63, 3.8) is 0 Å². The van der Waals surface area contributed by atoms with Crippen molar-refractivity contribution in [2.24, 2.45) is 0 Å². The van der Waals surface area contributed by atoms with Gasteiger partial charge < -0.3 is 5.32 Å². The average molecular weight is 337 g/mol. The van der Waals surface area contributed by atoms with Crippen LogP contribution in [0.1, 0.15) is 34.8 Å². The zero-order valence-corrected chi connectivity index (χ0v) is 13.9. The number of amides is 1. The van der Waals surface area contributed by atoms with Crippen LogP contribution < -0.4 is 5.32 Å². The molecule has 0 spiro atoms. The number of hydrogen-bond donors (Lipinski definition) is 1. The smallest absolute Gasteiger partial charge is 0.256 e. The first-order valence-corrected chi connectivity index (χ1v) is 9.26. The van der Waals surface area contributed by atoms with Crippen LogP contribution in [0, 0.1) is 0 Å². The van der Waals surface area contributed by atoms with Crippen LogP contribution in [-0.2, 0) is 10.0 Å². The zero-order chi connectivity index (χ0) is 16.6. The van der Waals surface area contributed by atoms with Crippen LogP contribution in [0.15, 0.2) is 18.5 Å². The molecule has 0 aliphatic carbocycles. The van der Waals surface area contributed by atoms with Crippen molar-refractivity contribution in [2.75, 3.05) is 26.4 Å². The topological polar surface area (TPSA) is 96.7 Å². The summed E-state index contributed by atoms with van der Waals surface area (Å²) in [4.78, 5) is 16.1. The van der Waals surface area contributed by atoms with Crippen molar-refractivity contribution in [1.82, 2.24) is 24.2 Å². The van der Waals surface area contributed by atoms with E-state index in [1.54, 1.807) is 17.8 Å². The van der Waals surface area contributed by atoms with E-state index in [1.165, 1.54) is 16.8 Å². The minimum Gasteiger partial charge on any atom is -0.355 e. The molecule has 0 bridgehead atoms. The first kappa shape index (κ1) is 15.9. The van der Waals surface area contributed by atoms with Gasteiger partial charge in [0.25, 0.3) is 5.91 Å². The Morgan fingerprint density at radius 3 is 2.91 bits per heavy atom. The van der Waals surface area contributed by atoms with Gasteiger partial charge in [0.1, 0.15) is 5.56 Å². The van der Waals surface area contributed by atoms with E-state index >= 15 is 0 Å². The summed E-state index contributed by atoms with van der Waals surface area (Å²) in [7, 11) is -1.65. The molecule has 1 N–H and O–H groups in total. The molecule has 0 aromatic carbocycles. The van der Waals surface area contributed by atoms with Crippen LogP contribution in [0.5, 0.6) is 0 Å². The molecular formula is C14H19N5O3S. The fourth-order valence-corrected chi connectivity index (χ4v) is 3.91. The minimum atomic E-state index is -3.21. The number of nitrogens with zero attached hydrogens (tertiary/aromatic N) is 4. The molecule has 1 fully saturated rings. The molecule has 1 aliphatic heterocycles. The minimum absolute atomic E-state index is 0.0291. The molecule has 1 amide bonds. The number of carbonyl (C=O) groups excluding carboxylic acids is 1. The number of nitrogens with one attached hydrogen (secondary N) is 1. The molecule has 3 rings (SSSR count). The van der Waals surface area contributed by atoms with Crippen LogP contribution in [0.3, 0.4) is 0 Å². The summed E-state index contributed by atoms with van der Waals surface area (Å²) in [5.41, 5.74) is 1.77. The van der Waals surface area contributed by atoms with Crippen molar-refractivity contribution in [3.05, 3.63) is 29.7 Å². The number of sulfonamides is 1. The molecule has 1 atom stereocenters. The quantitative estimate of drug-likeness (QED) is 0.865. The van der Waals surface area contributed by atoms with Crippen LogP contribution >= 0.6 is 0 Å². The van der Waals surface area contributed by atoms with Crippen molar-refractivity contribution in [1.29, 1.82) is 0 Å². The zero-order valence-electron chi connectivity index (χ0n) is 13.1. The first-order chi connectivity index (χ1) is 10.9. The number of aromatic nitrogens is 3. The highest BCUT2D eigenvalue weighted by atomic mass is 32.2. The third kappa shape index (κ3) is 2.93. The maximum absolute atomic E-state index is 11.9.